The zero-order valence-electron chi connectivity index (χ0n) is 34.9. The first-order valence-corrected chi connectivity index (χ1v) is 22.7. The molecule has 12 heteroatoms. The van der Waals surface area contributed by atoms with Gasteiger partial charge in [0.25, 0.3) is 0 Å². The van der Waals surface area contributed by atoms with E-state index in [0.717, 1.165) is 38.0 Å². The molecule has 0 aromatic carbocycles. The summed E-state index contributed by atoms with van der Waals surface area (Å²) in [6.45, 7) is 4.42. The van der Waals surface area contributed by atoms with E-state index in [1.807, 2.05) is 42.5 Å². The Balaban J connectivity index is 4.47. The van der Waals surface area contributed by atoms with Crippen LogP contribution in [-0.4, -0.2) is 76.9 Å². The van der Waals surface area contributed by atoms with Gasteiger partial charge < -0.3 is 29.7 Å². The topological polar surface area (TPSA) is 169 Å². The van der Waals surface area contributed by atoms with E-state index < -0.39 is 57.9 Å². The number of unbranched alkanes of at least 4 members (excludes halogenated alkanes) is 12. The third-order valence-corrected chi connectivity index (χ3v) is 9.65. The van der Waals surface area contributed by atoms with Crippen molar-refractivity contribution in [2.24, 2.45) is 5.92 Å². The van der Waals surface area contributed by atoms with Gasteiger partial charge in [-0.1, -0.05) is 159 Å². The van der Waals surface area contributed by atoms with E-state index in [1.165, 1.54) is 57.8 Å². The molecule has 0 rings (SSSR count). The first kappa shape index (κ1) is 53.6. The van der Waals surface area contributed by atoms with Gasteiger partial charge in [0, 0.05) is 12.8 Å². The van der Waals surface area contributed by atoms with Crippen LogP contribution in [0.1, 0.15) is 156 Å². The molecule has 0 spiro atoms. The molecule has 0 saturated heterocycles. The molecule has 4 atom stereocenters. The van der Waals surface area contributed by atoms with Crippen LogP contribution < -0.4 is 0 Å². The quantitative estimate of drug-likeness (QED) is 0.0154. The highest BCUT2D eigenvalue weighted by molar-refractivity contribution is 7.47. The first-order valence-electron chi connectivity index (χ1n) is 21.2. The van der Waals surface area contributed by atoms with Gasteiger partial charge in [-0.15, -0.1) is 0 Å². The van der Waals surface area contributed by atoms with Gasteiger partial charge in [-0.25, -0.2) is 4.57 Å². The smallest absolute Gasteiger partial charge is 0.462 e. The van der Waals surface area contributed by atoms with E-state index in [4.69, 9.17) is 19.1 Å². The zero-order chi connectivity index (χ0) is 41.5. The second kappa shape index (κ2) is 38.2. The average molecular weight is 813 g/mol. The number of ether oxygens (including phenoxy) is 2. The van der Waals surface area contributed by atoms with Crippen LogP contribution in [0, 0.1) is 5.92 Å². The number of allylic oxidation sites excluding steroid dienone is 8. The highest BCUT2D eigenvalue weighted by Gasteiger charge is 2.27. The normalized spacial score (nSPS) is 15.1. The zero-order valence-corrected chi connectivity index (χ0v) is 35.7. The summed E-state index contributed by atoms with van der Waals surface area (Å²) in [7, 11) is -4.64. The summed E-state index contributed by atoms with van der Waals surface area (Å²) in [5.74, 6) is -0.237. The minimum atomic E-state index is -4.64. The number of phosphoric ester groups is 1. The lowest BCUT2D eigenvalue weighted by Gasteiger charge is -2.20. The van der Waals surface area contributed by atoms with Crippen LogP contribution in [0.15, 0.2) is 60.8 Å². The number of hydrogen-bond acceptors (Lipinski definition) is 10. The van der Waals surface area contributed by atoms with Crippen molar-refractivity contribution in [3.63, 3.8) is 0 Å². The molecule has 2 unspecified atom stereocenters. The van der Waals surface area contributed by atoms with Crippen molar-refractivity contribution < 1.29 is 52.9 Å². The van der Waals surface area contributed by atoms with Gasteiger partial charge in [0.05, 0.1) is 25.9 Å². The highest BCUT2D eigenvalue weighted by Crippen LogP contribution is 2.43. The van der Waals surface area contributed by atoms with Gasteiger partial charge in [-0.05, 0) is 50.9 Å². The monoisotopic (exact) mass is 813 g/mol. The predicted molar refractivity (Wildman–Crippen MR) is 225 cm³/mol. The number of carbonyl (C=O) groups excluding carboxylic acids is 2. The molecule has 324 valence electrons. The third kappa shape index (κ3) is 38.5. The van der Waals surface area contributed by atoms with Crippen LogP contribution in [0.3, 0.4) is 0 Å². The second-order valence-corrected chi connectivity index (χ2v) is 16.1. The summed E-state index contributed by atoms with van der Waals surface area (Å²) in [5, 5.41) is 28.3. The van der Waals surface area contributed by atoms with Crippen LogP contribution in [-0.2, 0) is 32.7 Å². The van der Waals surface area contributed by atoms with Crippen molar-refractivity contribution in [2.75, 3.05) is 26.4 Å². The average Bonchev–Trinajstić information content (AvgIpc) is 3.16. The number of aliphatic hydroxyl groups is 3. The van der Waals surface area contributed by atoms with Crippen LogP contribution in [0.2, 0.25) is 0 Å². The Kier molecular flexibility index (Phi) is 36.5. The van der Waals surface area contributed by atoms with E-state index in [9.17, 15) is 29.3 Å². The lowest BCUT2D eigenvalue weighted by atomic mass is 10.0. The van der Waals surface area contributed by atoms with Gasteiger partial charge in [0.15, 0.2) is 6.10 Å². The summed E-state index contributed by atoms with van der Waals surface area (Å²) in [6.07, 6.45) is 36.6. The van der Waals surface area contributed by atoms with Gasteiger partial charge >= 0.3 is 19.8 Å². The fourth-order valence-corrected chi connectivity index (χ4v) is 6.20. The standard InChI is InChI=1S/C44H77O11P/c1-4-5-6-7-21-26-31-40(46)32-27-22-17-14-15-18-23-28-33-43(48)52-37-42(38-54-56(50,51)53-36-41(47)35-45)55-44(49)34-29-24-19-13-11-9-8-10-12-16-20-25-30-39(2)3/h5-6,15,17-18,21-22,26-27,32,39-42,45-47H,4,7-14,16,19-20,23-25,28-31,33-38H2,1-3H3,(H,50,51)/b6-5-,18-15-,22-17-,26-21-,32-27+/t40?,41-,42+/m0/s1. The summed E-state index contributed by atoms with van der Waals surface area (Å²) >= 11 is 0. The molecule has 56 heavy (non-hydrogen) atoms. The molecule has 0 aliphatic rings. The Bertz CT molecular complexity index is 1150. The van der Waals surface area contributed by atoms with Crippen LogP contribution in [0.4, 0.5) is 0 Å². The molecule has 0 saturated carbocycles. The van der Waals surface area contributed by atoms with Gasteiger partial charge in [-0.2, -0.15) is 0 Å². The fraction of sp³-hybridized carbons (Fsp3) is 0.727. The van der Waals surface area contributed by atoms with Crippen LogP contribution in [0.5, 0.6) is 0 Å². The largest absolute Gasteiger partial charge is 0.472 e. The van der Waals surface area contributed by atoms with Gasteiger partial charge in [0.1, 0.15) is 12.7 Å². The second-order valence-electron chi connectivity index (χ2n) is 14.7. The molecule has 0 bridgehead atoms. The van der Waals surface area contributed by atoms with E-state index in [1.54, 1.807) is 6.08 Å². The number of carbonyl (C=O) groups is 2. The molecule has 11 nitrogen and oxygen atoms in total. The van der Waals surface area contributed by atoms with Gasteiger partial charge in [-0.3, -0.25) is 18.6 Å². The molecule has 0 aromatic rings. The summed E-state index contributed by atoms with van der Waals surface area (Å²) < 4.78 is 32.6. The maximum atomic E-state index is 12.6. The van der Waals surface area contributed by atoms with Crippen molar-refractivity contribution in [3.8, 4) is 0 Å². The summed E-state index contributed by atoms with van der Waals surface area (Å²) in [4.78, 5) is 34.9. The third-order valence-electron chi connectivity index (χ3n) is 8.69. The number of esters is 2. The number of hydrogen-bond donors (Lipinski definition) is 4. The number of aliphatic hydroxyl groups excluding tert-OH is 3. The maximum absolute atomic E-state index is 12.6. The Morgan fingerprint density at radius 1 is 0.661 bits per heavy atom. The molecule has 0 amide bonds. The lowest BCUT2D eigenvalue weighted by molar-refractivity contribution is -0.161. The fourth-order valence-electron chi connectivity index (χ4n) is 5.41. The number of phosphoric acid groups is 1. The van der Waals surface area contributed by atoms with Crippen molar-refractivity contribution in [1.82, 2.24) is 0 Å². The minimum absolute atomic E-state index is 0.130. The van der Waals surface area contributed by atoms with Crippen molar-refractivity contribution in [3.05, 3.63) is 60.8 Å². The summed E-state index contributed by atoms with van der Waals surface area (Å²) in [6, 6.07) is 0. The Hall–Kier alpha value is -2.37. The molecule has 0 heterocycles. The van der Waals surface area contributed by atoms with E-state index in [0.29, 0.717) is 32.1 Å². The molecular formula is C44H77O11P. The molecule has 0 aromatic heterocycles. The van der Waals surface area contributed by atoms with Gasteiger partial charge in [0.2, 0.25) is 0 Å². The Labute approximate surface area is 338 Å². The minimum Gasteiger partial charge on any atom is -0.462 e. The molecule has 0 fully saturated rings. The van der Waals surface area contributed by atoms with Crippen molar-refractivity contribution in [1.29, 1.82) is 0 Å². The predicted octanol–water partition coefficient (Wildman–Crippen LogP) is 9.94. The lowest BCUT2D eigenvalue weighted by Crippen LogP contribution is -2.29. The van der Waals surface area contributed by atoms with E-state index >= 15 is 0 Å². The molecule has 0 aliphatic heterocycles. The SMILES string of the molecule is CC/C=C\C/C=C\CC(O)/C=C/C=C\C/C=C\CCCC(=O)OC[C@H](COP(=O)(O)OC[C@@H](O)CO)OC(=O)CCCCCCCCCCCCCCC(C)C. The number of rotatable bonds is 38. The van der Waals surface area contributed by atoms with E-state index in [-0.39, 0.29) is 19.4 Å². The Morgan fingerprint density at radius 3 is 1.88 bits per heavy atom. The summed E-state index contributed by atoms with van der Waals surface area (Å²) in [5.41, 5.74) is 0. The molecule has 0 aliphatic carbocycles. The van der Waals surface area contributed by atoms with E-state index in [2.05, 4.69) is 37.4 Å². The maximum Gasteiger partial charge on any atom is 0.472 e. The molecule has 0 radical (unpaired) electrons. The first-order chi connectivity index (χ1) is 27.0. The van der Waals surface area contributed by atoms with Crippen molar-refractivity contribution in [2.45, 2.75) is 174 Å². The van der Waals surface area contributed by atoms with Crippen LogP contribution in [0.25, 0.3) is 0 Å². The molecule has 4 N–H and O–H groups in total. The highest BCUT2D eigenvalue weighted by atomic mass is 31.2. The molecular weight excluding hydrogens is 735 g/mol. The van der Waals surface area contributed by atoms with Crippen molar-refractivity contribution >= 4 is 19.8 Å². The Morgan fingerprint density at radius 2 is 1.23 bits per heavy atom. The van der Waals surface area contributed by atoms with Crippen LogP contribution >= 0.6 is 7.82 Å².